The average molecular weight is 557 g/mol. The molecule has 0 aliphatic rings. The summed E-state index contributed by atoms with van der Waals surface area (Å²) in [6, 6.07) is 24.2. The average Bonchev–Trinajstić information content (AvgIpc) is 3.56. The van der Waals surface area contributed by atoms with Crippen LogP contribution in [0.1, 0.15) is 26.7 Å². The smallest absolute Gasteiger partial charge is 0.308 e. The summed E-state index contributed by atoms with van der Waals surface area (Å²) in [4.78, 5) is 25.2. The third kappa shape index (κ3) is 7.43. The largest absolute Gasteiger partial charge is 0.325 e. The standard InChI is InChI=1S/C27H24N8O2S2/c1-17-12-13-20(28-24(36)30-26-34-32-22(38-26)14-18-8-4-2-5-9-18)16-21(17)29-25(37)31-27-35-33-23(39-27)15-19-10-6-3-7-11-19/h2-13,16H,14-15H2,1H3,(H2,28,30,34,36)(H2,29,31,35,37). The molecule has 0 aliphatic carbocycles. The van der Waals surface area contributed by atoms with E-state index in [4.69, 9.17) is 0 Å². The van der Waals surface area contributed by atoms with Gasteiger partial charge in [0.05, 0.1) is 0 Å². The Labute approximate surface area is 232 Å². The molecule has 12 heteroatoms. The normalized spacial score (nSPS) is 10.6. The van der Waals surface area contributed by atoms with Crippen LogP contribution in [0.15, 0.2) is 78.9 Å². The zero-order valence-corrected chi connectivity index (χ0v) is 22.5. The highest BCUT2D eigenvalue weighted by Gasteiger charge is 2.13. The van der Waals surface area contributed by atoms with E-state index in [0.29, 0.717) is 34.5 Å². The number of aryl methyl sites for hydroxylation is 1. The molecule has 5 rings (SSSR count). The molecule has 3 aromatic carbocycles. The molecule has 2 aromatic heterocycles. The van der Waals surface area contributed by atoms with E-state index in [1.807, 2.05) is 67.6 Å². The van der Waals surface area contributed by atoms with Crippen LogP contribution in [0, 0.1) is 6.92 Å². The molecular formula is C27H24N8O2S2. The Hall–Kier alpha value is -4.68. The monoisotopic (exact) mass is 556 g/mol. The zero-order chi connectivity index (χ0) is 27.0. The van der Waals surface area contributed by atoms with Gasteiger partial charge in [0.1, 0.15) is 10.0 Å². The summed E-state index contributed by atoms with van der Waals surface area (Å²) < 4.78 is 0. The molecule has 0 saturated heterocycles. The van der Waals surface area contributed by atoms with Crippen LogP contribution in [0.4, 0.5) is 31.2 Å². The summed E-state index contributed by atoms with van der Waals surface area (Å²) in [5, 5.41) is 29.8. The SMILES string of the molecule is Cc1ccc(NC(=O)Nc2nnc(Cc3ccccc3)s2)cc1NC(=O)Nc1nnc(Cc2ccccc2)s1. The van der Waals surface area contributed by atoms with Crippen LogP contribution in [-0.4, -0.2) is 32.5 Å². The second kappa shape index (κ2) is 12.2. The third-order valence-corrected chi connectivity index (χ3v) is 7.19. The van der Waals surface area contributed by atoms with Gasteiger partial charge in [0, 0.05) is 24.2 Å². The van der Waals surface area contributed by atoms with E-state index in [-0.39, 0.29) is 0 Å². The van der Waals surface area contributed by atoms with Crippen molar-refractivity contribution in [3.63, 3.8) is 0 Å². The van der Waals surface area contributed by atoms with Crippen molar-refractivity contribution in [2.75, 3.05) is 21.3 Å². The van der Waals surface area contributed by atoms with Crippen molar-refractivity contribution in [3.8, 4) is 0 Å². The van der Waals surface area contributed by atoms with Gasteiger partial charge in [-0.2, -0.15) is 0 Å². The van der Waals surface area contributed by atoms with Crippen LogP contribution in [0.25, 0.3) is 0 Å². The van der Waals surface area contributed by atoms with Gasteiger partial charge in [-0.05, 0) is 35.7 Å². The minimum atomic E-state index is -0.462. The van der Waals surface area contributed by atoms with E-state index in [2.05, 4.69) is 41.7 Å². The summed E-state index contributed by atoms with van der Waals surface area (Å²) in [5.74, 6) is 0. The van der Waals surface area contributed by atoms with Crippen LogP contribution in [0.3, 0.4) is 0 Å². The summed E-state index contributed by atoms with van der Waals surface area (Å²) in [7, 11) is 0. The molecule has 0 unspecified atom stereocenters. The summed E-state index contributed by atoms with van der Waals surface area (Å²) in [6.07, 6.45) is 1.28. The molecule has 4 N–H and O–H groups in total. The van der Waals surface area contributed by atoms with E-state index >= 15 is 0 Å². The number of hydrogen-bond donors (Lipinski definition) is 4. The van der Waals surface area contributed by atoms with Gasteiger partial charge in [-0.25, -0.2) is 9.59 Å². The van der Waals surface area contributed by atoms with Crippen molar-refractivity contribution in [1.29, 1.82) is 0 Å². The van der Waals surface area contributed by atoms with Crippen molar-refractivity contribution >= 4 is 56.4 Å². The van der Waals surface area contributed by atoms with Gasteiger partial charge in [-0.15, -0.1) is 20.4 Å². The number of carbonyl (C=O) groups excluding carboxylic acids is 2. The van der Waals surface area contributed by atoms with Gasteiger partial charge >= 0.3 is 12.1 Å². The van der Waals surface area contributed by atoms with Gasteiger partial charge in [-0.1, -0.05) is 89.4 Å². The molecule has 2 heterocycles. The van der Waals surface area contributed by atoms with Gasteiger partial charge in [-0.3, -0.25) is 10.6 Å². The lowest BCUT2D eigenvalue weighted by molar-refractivity contribution is 0.261. The predicted molar refractivity (Wildman–Crippen MR) is 155 cm³/mol. The van der Waals surface area contributed by atoms with E-state index < -0.39 is 12.1 Å². The lowest BCUT2D eigenvalue weighted by Crippen LogP contribution is -2.21. The third-order valence-electron chi connectivity index (χ3n) is 5.51. The Morgan fingerprint density at radius 2 is 1.15 bits per heavy atom. The van der Waals surface area contributed by atoms with Gasteiger partial charge < -0.3 is 10.6 Å². The molecule has 0 bridgehead atoms. The number of nitrogens with one attached hydrogen (secondary N) is 4. The first-order chi connectivity index (χ1) is 19.0. The number of hydrogen-bond acceptors (Lipinski definition) is 8. The summed E-state index contributed by atoms with van der Waals surface area (Å²) in [6.45, 7) is 1.86. The fraction of sp³-hybridized carbons (Fsp3) is 0.111. The van der Waals surface area contributed by atoms with Crippen molar-refractivity contribution < 1.29 is 9.59 Å². The molecule has 4 amide bonds. The number of amides is 4. The van der Waals surface area contributed by atoms with Crippen molar-refractivity contribution in [2.24, 2.45) is 0 Å². The highest BCUT2D eigenvalue weighted by Crippen LogP contribution is 2.23. The number of rotatable bonds is 8. The fourth-order valence-electron chi connectivity index (χ4n) is 3.64. The van der Waals surface area contributed by atoms with Gasteiger partial charge in [0.15, 0.2) is 0 Å². The Kier molecular flexibility index (Phi) is 8.15. The van der Waals surface area contributed by atoms with Crippen LogP contribution >= 0.6 is 22.7 Å². The highest BCUT2D eigenvalue weighted by atomic mass is 32.1. The molecule has 39 heavy (non-hydrogen) atoms. The molecule has 196 valence electrons. The number of benzene rings is 3. The molecule has 0 aliphatic heterocycles. The topological polar surface area (TPSA) is 134 Å². The van der Waals surface area contributed by atoms with E-state index in [1.54, 1.807) is 18.2 Å². The minimum absolute atomic E-state index is 0.395. The summed E-state index contributed by atoms with van der Waals surface area (Å²) in [5.41, 5.74) is 4.11. The zero-order valence-electron chi connectivity index (χ0n) is 20.8. The van der Waals surface area contributed by atoms with E-state index in [0.717, 1.165) is 26.7 Å². The minimum Gasteiger partial charge on any atom is -0.308 e. The number of carbonyl (C=O) groups is 2. The first kappa shape index (κ1) is 25.9. The molecule has 0 fully saturated rings. The van der Waals surface area contributed by atoms with Crippen LogP contribution in [0.5, 0.6) is 0 Å². The predicted octanol–water partition coefficient (Wildman–Crippen LogP) is 6.17. The molecule has 0 saturated carbocycles. The second-order valence-corrected chi connectivity index (χ2v) is 10.6. The number of aromatic nitrogens is 4. The number of urea groups is 2. The first-order valence-corrected chi connectivity index (χ1v) is 13.6. The van der Waals surface area contributed by atoms with Crippen LogP contribution < -0.4 is 21.3 Å². The Balaban J connectivity index is 1.14. The molecule has 10 nitrogen and oxygen atoms in total. The van der Waals surface area contributed by atoms with Crippen LogP contribution in [0.2, 0.25) is 0 Å². The maximum atomic E-state index is 12.6. The quantitative estimate of drug-likeness (QED) is 0.181. The van der Waals surface area contributed by atoms with Crippen molar-refractivity contribution in [2.45, 2.75) is 19.8 Å². The number of anilines is 4. The Morgan fingerprint density at radius 1 is 0.641 bits per heavy atom. The van der Waals surface area contributed by atoms with Crippen molar-refractivity contribution in [1.82, 2.24) is 20.4 Å². The molecule has 0 atom stereocenters. The Bertz CT molecular complexity index is 1570. The number of nitrogens with zero attached hydrogens (tertiary/aromatic N) is 4. The molecular weight excluding hydrogens is 532 g/mol. The van der Waals surface area contributed by atoms with E-state index in [9.17, 15) is 9.59 Å². The first-order valence-electron chi connectivity index (χ1n) is 12.0. The fourth-order valence-corrected chi connectivity index (χ4v) is 5.17. The molecule has 0 spiro atoms. The highest BCUT2D eigenvalue weighted by molar-refractivity contribution is 7.15. The van der Waals surface area contributed by atoms with E-state index in [1.165, 1.54) is 22.7 Å². The second-order valence-electron chi connectivity index (χ2n) is 8.51. The lowest BCUT2D eigenvalue weighted by Gasteiger charge is -2.11. The molecule has 0 radical (unpaired) electrons. The van der Waals surface area contributed by atoms with Crippen LogP contribution in [-0.2, 0) is 12.8 Å². The Morgan fingerprint density at radius 3 is 1.69 bits per heavy atom. The lowest BCUT2D eigenvalue weighted by atomic mass is 10.2. The molecule has 5 aromatic rings. The summed E-state index contributed by atoms with van der Waals surface area (Å²) >= 11 is 2.63. The van der Waals surface area contributed by atoms with Crippen molar-refractivity contribution in [3.05, 3.63) is 106 Å². The maximum absolute atomic E-state index is 12.6. The van der Waals surface area contributed by atoms with Gasteiger partial charge in [0.25, 0.3) is 0 Å². The van der Waals surface area contributed by atoms with Gasteiger partial charge in [0.2, 0.25) is 10.3 Å². The maximum Gasteiger partial charge on any atom is 0.325 e.